The number of rotatable bonds is 4. The first kappa shape index (κ1) is 16.8. The van der Waals surface area contributed by atoms with Crippen molar-refractivity contribution in [3.05, 3.63) is 82.7 Å². The van der Waals surface area contributed by atoms with Crippen molar-refractivity contribution in [2.45, 2.75) is 13.0 Å². The maximum atomic E-state index is 13.4. The zero-order valence-electron chi connectivity index (χ0n) is 13.9. The Hall–Kier alpha value is -2.63. The van der Waals surface area contributed by atoms with E-state index in [2.05, 4.69) is 4.98 Å². The van der Waals surface area contributed by atoms with Crippen LogP contribution in [0, 0.1) is 0 Å². The third kappa shape index (κ3) is 2.89. The molecule has 0 N–H and O–H groups in total. The summed E-state index contributed by atoms with van der Waals surface area (Å²) in [5, 5.41) is 1.36. The van der Waals surface area contributed by atoms with Gasteiger partial charge < -0.3 is 4.42 Å². The predicted molar refractivity (Wildman–Crippen MR) is 105 cm³/mol. The van der Waals surface area contributed by atoms with Crippen molar-refractivity contribution in [3.63, 3.8) is 0 Å². The summed E-state index contributed by atoms with van der Waals surface area (Å²) in [4.78, 5) is 19.9. The van der Waals surface area contributed by atoms with Gasteiger partial charge in [0, 0.05) is 16.3 Å². The number of furan rings is 1. The molecule has 0 saturated heterocycles. The number of hydrogen-bond acceptors (Lipinski definition) is 4. The second-order valence-electron chi connectivity index (χ2n) is 5.80. The van der Waals surface area contributed by atoms with Crippen molar-refractivity contribution in [3.8, 4) is 0 Å². The molecular weight excluding hydrogens is 368 g/mol. The lowest BCUT2D eigenvalue weighted by Crippen LogP contribution is -2.33. The second-order valence-corrected chi connectivity index (χ2v) is 7.23. The molecule has 0 aliphatic heterocycles. The highest BCUT2D eigenvalue weighted by Crippen LogP contribution is 2.38. The molecule has 1 aromatic carbocycles. The van der Waals surface area contributed by atoms with Crippen LogP contribution in [0.15, 0.2) is 71.5 Å². The zero-order chi connectivity index (χ0) is 18.1. The van der Waals surface area contributed by atoms with Gasteiger partial charge in [0.1, 0.15) is 16.5 Å². The molecular formula is C20H15ClN2O2S. The van der Waals surface area contributed by atoms with Gasteiger partial charge in [-0.25, -0.2) is 4.98 Å². The molecule has 0 aliphatic carbocycles. The molecule has 26 heavy (non-hydrogen) atoms. The monoisotopic (exact) mass is 382 g/mol. The molecule has 4 rings (SSSR count). The summed E-state index contributed by atoms with van der Waals surface area (Å²) in [5.41, 5.74) is 0. The van der Waals surface area contributed by atoms with Crippen molar-refractivity contribution >= 4 is 44.7 Å². The highest BCUT2D eigenvalue weighted by molar-refractivity contribution is 7.21. The number of carbonyl (C=O) groups excluding carboxylic acids is 1. The third-order valence-electron chi connectivity index (χ3n) is 4.19. The van der Waals surface area contributed by atoms with Gasteiger partial charge >= 0.3 is 0 Å². The number of nitrogens with zero attached hydrogens (tertiary/aromatic N) is 2. The van der Waals surface area contributed by atoms with Gasteiger partial charge in [0.05, 0.1) is 17.3 Å². The van der Waals surface area contributed by atoms with Crippen LogP contribution in [-0.4, -0.2) is 10.9 Å². The lowest BCUT2D eigenvalue weighted by molar-refractivity contribution is 0.0978. The molecule has 1 amide bonds. The molecule has 0 fully saturated rings. The number of thiophene rings is 1. The molecule has 0 unspecified atom stereocenters. The Morgan fingerprint density at radius 1 is 1.15 bits per heavy atom. The van der Waals surface area contributed by atoms with Crippen LogP contribution in [-0.2, 0) is 0 Å². The Labute approximate surface area is 159 Å². The summed E-state index contributed by atoms with van der Waals surface area (Å²) >= 11 is 7.92. The van der Waals surface area contributed by atoms with E-state index in [1.54, 1.807) is 29.5 Å². The average molecular weight is 383 g/mol. The summed E-state index contributed by atoms with van der Waals surface area (Å²) in [6.45, 7) is 1.91. The Bertz CT molecular complexity index is 1040. The van der Waals surface area contributed by atoms with Crippen molar-refractivity contribution in [1.29, 1.82) is 0 Å². The smallest absolute Gasteiger partial charge is 0.271 e. The van der Waals surface area contributed by atoms with Gasteiger partial charge in [-0.3, -0.25) is 9.69 Å². The standard InChI is InChI=1S/C20H15ClN2O2S/c1-13(15-8-6-12-25-15)23(17-10-4-5-11-22-17)20(24)19-18(21)14-7-2-3-9-16(14)26-19/h2-13H,1H3/t13-/m1/s1. The Balaban J connectivity index is 1.82. The molecule has 0 radical (unpaired) electrons. The van der Waals surface area contributed by atoms with Gasteiger partial charge in [-0.15, -0.1) is 11.3 Å². The summed E-state index contributed by atoms with van der Waals surface area (Å²) in [6.07, 6.45) is 3.26. The Kier molecular flexibility index (Phi) is 4.49. The molecule has 4 nitrogen and oxygen atoms in total. The first-order valence-corrected chi connectivity index (χ1v) is 9.31. The van der Waals surface area contributed by atoms with Crippen LogP contribution < -0.4 is 4.90 Å². The van der Waals surface area contributed by atoms with E-state index in [9.17, 15) is 4.79 Å². The van der Waals surface area contributed by atoms with E-state index in [0.717, 1.165) is 10.1 Å². The molecule has 0 spiro atoms. The number of carbonyl (C=O) groups is 1. The highest BCUT2D eigenvalue weighted by Gasteiger charge is 2.30. The normalized spacial score (nSPS) is 12.2. The van der Waals surface area contributed by atoms with Crippen molar-refractivity contribution < 1.29 is 9.21 Å². The molecule has 130 valence electrons. The van der Waals surface area contributed by atoms with Crippen LogP contribution in [0.25, 0.3) is 10.1 Å². The first-order chi connectivity index (χ1) is 12.7. The second kappa shape index (κ2) is 6.94. The SMILES string of the molecule is C[C@H](c1ccco1)N(C(=O)c1sc2ccccc2c1Cl)c1ccccn1. The summed E-state index contributed by atoms with van der Waals surface area (Å²) in [5.74, 6) is 1.04. The maximum Gasteiger partial charge on any atom is 0.271 e. The number of hydrogen-bond donors (Lipinski definition) is 0. The van der Waals surface area contributed by atoms with E-state index < -0.39 is 0 Å². The maximum absolute atomic E-state index is 13.4. The number of aromatic nitrogens is 1. The summed E-state index contributed by atoms with van der Waals surface area (Å²) in [7, 11) is 0. The number of amides is 1. The fourth-order valence-corrected chi connectivity index (χ4v) is 4.34. The largest absolute Gasteiger partial charge is 0.467 e. The molecule has 6 heteroatoms. The van der Waals surface area contributed by atoms with Crippen LogP contribution in [0.2, 0.25) is 5.02 Å². The van der Waals surface area contributed by atoms with E-state index >= 15 is 0 Å². The number of halogens is 1. The van der Waals surface area contributed by atoms with E-state index in [-0.39, 0.29) is 11.9 Å². The zero-order valence-corrected chi connectivity index (χ0v) is 15.5. The van der Waals surface area contributed by atoms with E-state index in [1.165, 1.54) is 11.3 Å². The minimum absolute atomic E-state index is 0.196. The molecule has 3 aromatic heterocycles. The first-order valence-electron chi connectivity index (χ1n) is 8.12. The number of benzene rings is 1. The lowest BCUT2D eigenvalue weighted by atomic mass is 10.2. The van der Waals surface area contributed by atoms with Gasteiger partial charge in [-0.05, 0) is 37.3 Å². The van der Waals surface area contributed by atoms with Crippen LogP contribution in [0.4, 0.5) is 5.82 Å². The van der Waals surface area contributed by atoms with Crippen LogP contribution >= 0.6 is 22.9 Å². The van der Waals surface area contributed by atoms with Gasteiger partial charge in [0.15, 0.2) is 0 Å². The lowest BCUT2D eigenvalue weighted by Gasteiger charge is -2.26. The van der Waals surface area contributed by atoms with Crippen LogP contribution in [0.1, 0.15) is 28.4 Å². The molecule has 0 saturated carbocycles. The molecule has 1 atom stereocenters. The van der Waals surface area contributed by atoms with E-state index in [0.29, 0.717) is 21.5 Å². The fourth-order valence-electron chi connectivity index (χ4n) is 2.89. The van der Waals surface area contributed by atoms with Crippen molar-refractivity contribution in [2.75, 3.05) is 4.90 Å². The van der Waals surface area contributed by atoms with Gasteiger partial charge in [-0.2, -0.15) is 0 Å². The topological polar surface area (TPSA) is 46.3 Å². The Morgan fingerprint density at radius 3 is 2.65 bits per heavy atom. The van der Waals surface area contributed by atoms with Crippen LogP contribution in [0.5, 0.6) is 0 Å². The molecule has 0 bridgehead atoms. The third-order valence-corrected chi connectivity index (χ3v) is 5.85. The quantitative estimate of drug-likeness (QED) is 0.438. The minimum atomic E-state index is -0.325. The van der Waals surface area contributed by atoms with Gasteiger partial charge in [0.2, 0.25) is 0 Å². The van der Waals surface area contributed by atoms with E-state index in [4.69, 9.17) is 16.0 Å². The van der Waals surface area contributed by atoms with Gasteiger partial charge in [-0.1, -0.05) is 35.9 Å². The predicted octanol–water partition coefficient (Wildman–Crippen LogP) is 5.95. The number of anilines is 1. The van der Waals surface area contributed by atoms with Crippen LogP contribution in [0.3, 0.4) is 0 Å². The fraction of sp³-hybridized carbons (Fsp3) is 0.100. The van der Waals surface area contributed by atoms with Crippen molar-refractivity contribution in [1.82, 2.24) is 4.98 Å². The van der Waals surface area contributed by atoms with E-state index in [1.807, 2.05) is 49.4 Å². The minimum Gasteiger partial charge on any atom is -0.467 e. The highest BCUT2D eigenvalue weighted by atomic mass is 35.5. The summed E-state index contributed by atoms with van der Waals surface area (Å²) < 4.78 is 6.50. The molecule has 0 aliphatic rings. The Morgan fingerprint density at radius 2 is 1.96 bits per heavy atom. The van der Waals surface area contributed by atoms with Gasteiger partial charge in [0.25, 0.3) is 5.91 Å². The molecule has 3 heterocycles. The number of pyridine rings is 1. The van der Waals surface area contributed by atoms with Crippen molar-refractivity contribution in [2.24, 2.45) is 0 Å². The average Bonchev–Trinajstić information content (AvgIpc) is 3.32. The number of fused-ring (bicyclic) bond motifs is 1. The molecule has 4 aromatic rings. The summed E-state index contributed by atoms with van der Waals surface area (Å²) in [6, 6.07) is 16.5.